The number of piperidine rings is 1. The molecule has 0 radical (unpaired) electrons. The quantitative estimate of drug-likeness (QED) is 0.514. The van der Waals surface area contributed by atoms with Crippen molar-refractivity contribution in [2.75, 3.05) is 25.5 Å². The van der Waals surface area contributed by atoms with Crippen LogP contribution >= 0.6 is 0 Å². The van der Waals surface area contributed by atoms with Gasteiger partial charge in [-0.15, -0.1) is 0 Å². The zero-order valence-corrected chi connectivity index (χ0v) is 21.0. The van der Waals surface area contributed by atoms with E-state index in [0.717, 1.165) is 11.4 Å². The lowest BCUT2D eigenvalue weighted by Crippen LogP contribution is -2.41. The van der Waals surface area contributed by atoms with E-state index in [1.807, 2.05) is 45.0 Å². The number of rotatable bonds is 5. The summed E-state index contributed by atoms with van der Waals surface area (Å²) in [6.07, 6.45) is 2.48. The number of anilines is 1. The Morgan fingerprint density at radius 2 is 1.78 bits per heavy atom. The molecule has 9 heteroatoms. The van der Waals surface area contributed by atoms with E-state index in [2.05, 4.69) is 10.4 Å². The minimum absolute atomic E-state index is 0.0263. The Hall–Kier alpha value is -3.88. The largest absolute Gasteiger partial charge is 0.497 e. The summed E-state index contributed by atoms with van der Waals surface area (Å²) in [5.74, 6) is -0.120. The fraction of sp³-hybridized carbons (Fsp3) is 0.370. The van der Waals surface area contributed by atoms with Crippen LogP contribution in [0.2, 0.25) is 0 Å². The summed E-state index contributed by atoms with van der Waals surface area (Å²) in [6, 6.07) is 13.2. The number of likely N-dealkylation sites (tertiary alicyclic amines) is 1. The summed E-state index contributed by atoms with van der Waals surface area (Å²) in [6.45, 7) is 6.52. The van der Waals surface area contributed by atoms with E-state index >= 15 is 0 Å². The number of nitrogens with one attached hydrogen (secondary N) is 1. The van der Waals surface area contributed by atoms with Gasteiger partial charge in [-0.25, -0.2) is 13.9 Å². The van der Waals surface area contributed by atoms with Gasteiger partial charge in [0.2, 0.25) is 0 Å². The molecule has 1 fully saturated rings. The van der Waals surface area contributed by atoms with Crippen molar-refractivity contribution < 1.29 is 23.5 Å². The SMILES string of the molecule is COc1ccc(-n2ncc(C(=O)Nc3cccc(F)c3)c2C2CCN(C(=O)OC(C)(C)C)CC2)cc1. The number of amides is 2. The first-order valence-electron chi connectivity index (χ1n) is 11.9. The zero-order chi connectivity index (χ0) is 25.9. The van der Waals surface area contributed by atoms with Gasteiger partial charge in [0.1, 0.15) is 17.2 Å². The standard InChI is InChI=1S/C27H31FN4O4/c1-27(2,3)36-26(34)31-14-12-18(13-15-31)24-23(25(33)30-20-7-5-6-19(28)16-20)17-29-32(24)21-8-10-22(35-4)11-9-21/h5-11,16-18H,12-15H2,1-4H3,(H,30,33). The molecule has 0 saturated carbocycles. The first-order valence-corrected chi connectivity index (χ1v) is 11.9. The average Bonchev–Trinajstić information content (AvgIpc) is 3.28. The molecule has 1 saturated heterocycles. The molecule has 1 N–H and O–H groups in total. The molecule has 0 bridgehead atoms. The highest BCUT2D eigenvalue weighted by Crippen LogP contribution is 2.33. The number of halogens is 1. The van der Waals surface area contributed by atoms with Crippen LogP contribution < -0.4 is 10.1 Å². The van der Waals surface area contributed by atoms with Crippen LogP contribution in [0.25, 0.3) is 5.69 Å². The van der Waals surface area contributed by atoms with Crippen molar-refractivity contribution in [2.24, 2.45) is 0 Å². The van der Waals surface area contributed by atoms with Gasteiger partial charge >= 0.3 is 6.09 Å². The van der Waals surface area contributed by atoms with Crippen molar-refractivity contribution in [2.45, 2.75) is 45.1 Å². The highest BCUT2D eigenvalue weighted by molar-refractivity contribution is 6.05. The highest BCUT2D eigenvalue weighted by atomic mass is 19.1. The number of carbonyl (C=O) groups excluding carboxylic acids is 2. The monoisotopic (exact) mass is 494 g/mol. The Morgan fingerprint density at radius 1 is 1.08 bits per heavy atom. The number of hydrogen-bond donors (Lipinski definition) is 1. The van der Waals surface area contributed by atoms with Crippen molar-refractivity contribution in [3.05, 3.63) is 71.8 Å². The molecule has 1 aliphatic heterocycles. The molecule has 0 spiro atoms. The molecular weight excluding hydrogens is 463 g/mol. The molecule has 3 aromatic rings. The smallest absolute Gasteiger partial charge is 0.410 e. The number of aromatic nitrogens is 2. The maximum Gasteiger partial charge on any atom is 0.410 e. The van der Waals surface area contributed by atoms with Gasteiger partial charge in [-0.1, -0.05) is 6.07 Å². The minimum atomic E-state index is -0.566. The molecule has 190 valence electrons. The Labute approximate surface area is 210 Å². The molecule has 8 nitrogen and oxygen atoms in total. The van der Waals surface area contributed by atoms with Crippen LogP contribution in [0.5, 0.6) is 5.75 Å². The predicted octanol–water partition coefficient (Wildman–Crippen LogP) is 5.39. The van der Waals surface area contributed by atoms with Gasteiger partial charge < -0.3 is 19.7 Å². The first kappa shape index (κ1) is 25.2. The minimum Gasteiger partial charge on any atom is -0.497 e. The average molecular weight is 495 g/mol. The summed E-state index contributed by atoms with van der Waals surface area (Å²) in [4.78, 5) is 27.5. The predicted molar refractivity (Wildman–Crippen MR) is 134 cm³/mol. The Bertz CT molecular complexity index is 1230. The third-order valence-corrected chi connectivity index (χ3v) is 5.98. The second-order valence-electron chi connectivity index (χ2n) is 9.76. The number of hydrogen-bond acceptors (Lipinski definition) is 5. The second-order valence-corrected chi connectivity index (χ2v) is 9.76. The second kappa shape index (κ2) is 10.4. The molecule has 36 heavy (non-hydrogen) atoms. The Balaban J connectivity index is 1.62. The normalized spacial score (nSPS) is 14.4. The molecular formula is C27H31FN4O4. The van der Waals surface area contributed by atoms with Gasteiger partial charge in [0.15, 0.2) is 0 Å². The van der Waals surface area contributed by atoms with Crippen molar-refractivity contribution in [1.82, 2.24) is 14.7 Å². The number of benzene rings is 2. The van der Waals surface area contributed by atoms with Gasteiger partial charge in [-0.05, 0) is 76.1 Å². The summed E-state index contributed by atoms with van der Waals surface area (Å²) >= 11 is 0. The van der Waals surface area contributed by atoms with E-state index in [0.29, 0.717) is 42.9 Å². The van der Waals surface area contributed by atoms with Gasteiger partial charge in [-0.3, -0.25) is 4.79 Å². The first-order chi connectivity index (χ1) is 17.1. The Kier molecular flexibility index (Phi) is 7.28. The molecule has 0 unspecified atom stereocenters. The van der Waals surface area contributed by atoms with E-state index < -0.39 is 11.4 Å². The lowest BCUT2D eigenvalue weighted by Gasteiger charge is -2.34. The lowest BCUT2D eigenvalue weighted by molar-refractivity contribution is 0.0203. The summed E-state index contributed by atoms with van der Waals surface area (Å²) in [5, 5.41) is 7.31. The van der Waals surface area contributed by atoms with Crippen LogP contribution in [-0.4, -0.2) is 52.5 Å². The van der Waals surface area contributed by atoms with Crippen LogP contribution in [0.3, 0.4) is 0 Å². The fourth-order valence-corrected chi connectivity index (χ4v) is 4.28. The fourth-order valence-electron chi connectivity index (χ4n) is 4.28. The maximum absolute atomic E-state index is 13.7. The summed E-state index contributed by atoms with van der Waals surface area (Å²) < 4.78 is 26.2. The van der Waals surface area contributed by atoms with Gasteiger partial charge in [0.05, 0.1) is 30.3 Å². The van der Waals surface area contributed by atoms with Crippen molar-refractivity contribution in [3.63, 3.8) is 0 Å². The van der Waals surface area contributed by atoms with Crippen molar-refractivity contribution in [3.8, 4) is 11.4 Å². The molecule has 2 amide bonds. The van der Waals surface area contributed by atoms with E-state index in [1.165, 1.54) is 18.3 Å². The van der Waals surface area contributed by atoms with E-state index in [4.69, 9.17) is 9.47 Å². The van der Waals surface area contributed by atoms with Crippen molar-refractivity contribution >= 4 is 17.7 Å². The summed E-state index contributed by atoms with van der Waals surface area (Å²) in [5.41, 5.74) is 1.74. The van der Waals surface area contributed by atoms with E-state index in [9.17, 15) is 14.0 Å². The molecule has 4 rings (SSSR count). The molecule has 1 aliphatic rings. The molecule has 0 aliphatic carbocycles. The van der Waals surface area contributed by atoms with Crippen LogP contribution in [0.4, 0.5) is 14.9 Å². The lowest BCUT2D eigenvalue weighted by atomic mass is 9.90. The molecule has 2 heterocycles. The van der Waals surface area contributed by atoms with Gasteiger partial charge in [-0.2, -0.15) is 5.10 Å². The topological polar surface area (TPSA) is 85.7 Å². The van der Waals surface area contributed by atoms with Gasteiger partial charge in [0, 0.05) is 24.7 Å². The zero-order valence-electron chi connectivity index (χ0n) is 21.0. The van der Waals surface area contributed by atoms with Crippen molar-refractivity contribution in [1.29, 1.82) is 0 Å². The highest BCUT2D eigenvalue weighted by Gasteiger charge is 2.32. The third kappa shape index (κ3) is 5.84. The number of nitrogens with zero attached hydrogens (tertiary/aromatic N) is 3. The number of ether oxygens (including phenoxy) is 2. The van der Waals surface area contributed by atoms with Crippen LogP contribution in [-0.2, 0) is 4.74 Å². The summed E-state index contributed by atoms with van der Waals surface area (Å²) in [7, 11) is 1.60. The van der Waals surface area contributed by atoms with Crippen LogP contribution in [0.1, 0.15) is 55.6 Å². The van der Waals surface area contributed by atoms with Gasteiger partial charge in [0.25, 0.3) is 5.91 Å². The van der Waals surface area contributed by atoms with E-state index in [1.54, 1.807) is 28.8 Å². The molecule has 2 aromatic carbocycles. The maximum atomic E-state index is 13.7. The third-order valence-electron chi connectivity index (χ3n) is 5.98. The number of methoxy groups -OCH3 is 1. The van der Waals surface area contributed by atoms with E-state index in [-0.39, 0.29) is 17.9 Å². The Morgan fingerprint density at radius 3 is 2.39 bits per heavy atom. The van der Waals surface area contributed by atoms with Crippen LogP contribution in [0, 0.1) is 5.82 Å². The number of carbonyl (C=O) groups is 2. The van der Waals surface area contributed by atoms with Crippen LogP contribution in [0.15, 0.2) is 54.7 Å². The molecule has 0 atom stereocenters. The molecule has 1 aromatic heterocycles.